The fraction of sp³-hybridized carbons (Fsp3) is 0.107. The van der Waals surface area contributed by atoms with E-state index in [4.69, 9.17) is 4.74 Å². The Morgan fingerprint density at radius 2 is 1.77 bits per heavy atom. The summed E-state index contributed by atoms with van der Waals surface area (Å²) < 4.78 is 23.8. The van der Waals surface area contributed by atoms with Crippen molar-refractivity contribution in [3.8, 4) is 5.75 Å². The Kier molecular flexibility index (Phi) is 7.47. The molecule has 1 N–H and O–H groups in total. The Morgan fingerprint density at radius 1 is 0.971 bits per heavy atom. The van der Waals surface area contributed by atoms with Crippen LogP contribution in [-0.4, -0.2) is 24.0 Å². The van der Waals surface area contributed by atoms with E-state index in [1.54, 1.807) is 24.3 Å². The van der Waals surface area contributed by atoms with E-state index < -0.39 is 5.97 Å². The van der Waals surface area contributed by atoms with Gasteiger partial charge >= 0.3 is 5.97 Å². The molecule has 6 nitrogen and oxygen atoms in total. The van der Waals surface area contributed by atoms with Crippen LogP contribution in [0, 0.1) is 5.82 Å². The number of hydrogen-bond donors (Lipinski definition) is 1. The first-order valence-electron chi connectivity index (χ1n) is 10.9. The van der Waals surface area contributed by atoms with Gasteiger partial charge in [-0.3, -0.25) is 4.79 Å². The van der Waals surface area contributed by atoms with Crippen LogP contribution in [0.2, 0.25) is 0 Å². The number of hydrogen-bond acceptors (Lipinski definition) is 5. The highest BCUT2D eigenvalue weighted by Crippen LogP contribution is 2.26. The van der Waals surface area contributed by atoms with Gasteiger partial charge in [0, 0.05) is 24.1 Å². The predicted octanol–water partition coefficient (Wildman–Crippen LogP) is 5.07. The van der Waals surface area contributed by atoms with Crippen LogP contribution in [0.4, 0.5) is 4.39 Å². The molecule has 1 heterocycles. The topological polar surface area (TPSA) is 77.5 Å². The molecule has 0 spiro atoms. The number of pyridine rings is 1. The molecule has 0 fully saturated rings. The highest BCUT2D eigenvalue weighted by atomic mass is 19.1. The minimum atomic E-state index is -0.441. The fourth-order valence-electron chi connectivity index (χ4n) is 3.43. The van der Waals surface area contributed by atoms with Crippen LogP contribution >= 0.6 is 0 Å². The maximum Gasteiger partial charge on any atom is 0.330 e. The summed E-state index contributed by atoms with van der Waals surface area (Å²) in [5.41, 5.74) is 3.32. The summed E-state index contributed by atoms with van der Waals surface area (Å²) in [4.78, 5) is 28.7. The van der Waals surface area contributed by atoms with Crippen LogP contribution < -0.4 is 10.1 Å². The summed E-state index contributed by atoms with van der Waals surface area (Å²) in [6, 6.07) is 22.5. The van der Waals surface area contributed by atoms with Gasteiger partial charge in [0.05, 0.1) is 12.6 Å². The third kappa shape index (κ3) is 6.29. The lowest BCUT2D eigenvalue weighted by Crippen LogP contribution is -2.24. The van der Waals surface area contributed by atoms with E-state index in [1.165, 1.54) is 25.3 Å². The maximum atomic E-state index is 13.2. The second kappa shape index (κ2) is 11.1. The Bertz CT molecular complexity index is 1380. The van der Waals surface area contributed by atoms with Gasteiger partial charge in [-0.25, -0.2) is 14.2 Å². The van der Waals surface area contributed by atoms with Crippen LogP contribution in [0.15, 0.2) is 84.9 Å². The van der Waals surface area contributed by atoms with Crippen molar-refractivity contribution in [3.05, 3.63) is 113 Å². The molecule has 35 heavy (non-hydrogen) atoms. The lowest BCUT2D eigenvalue weighted by Gasteiger charge is -2.12. The number of methoxy groups -OCH3 is 1. The molecule has 0 unspecified atom stereocenters. The molecule has 0 atom stereocenters. The number of amides is 1. The number of carbonyl (C=O) groups excluding carboxylic acids is 2. The Balaban J connectivity index is 1.49. The molecular formula is C28H23FN2O4. The smallest absolute Gasteiger partial charge is 0.330 e. The largest absolute Gasteiger partial charge is 0.488 e. The molecule has 176 valence electrons. The maximum absolute atomic E-state index is 13.2. The number of aromatic nitrogens is 1. The normalized spacial score (nSPS) is 10.9. The van der Waals surface area contributed by atoms with Crippen molar-refractivity contribution in [2.75, 3.05) is 7.11 Å². The van der Waals surface area contributed by atoms with E-state index in [-0.39, 0.29) is 30.6 Å². The van der Waals surface area contributed by atoms with Crippen molar-refractivity contribution in [3.63, 3.8) is 0 Å². The zero-order chi connectivity index (χ0) is 24.6. The van der Waals surface area contributed by atoms with Crippen LogP contribution in [0.3, 0.4) is 0 Å². The van der Waals surface area contributed by atoms with Crippen molar-refractivity contribution in [2.24, 2.45) is 0 Å². The van der Waals surface area contributed by atoms with Gasteiger partial charge in [-0.05, 0) is 53.1 Å². The number of para-hydroxylation sites is 1. The van der Waals surface area contributed by atoms with Crippen LogP contribution in [0.5, 0.6) is 5.75 Å². The first-order valence-corrected chi connectivity index (χ1v) is 10.9. The van der Waals surface area contributed by atoms with E-state index >= 15 is 0 Å². The van der Waals surface area contributed by atoms with Gasteiger partial charge in [-0.15, -0.1) is 0 Å². The molecule has 0 radical (unpaired) electrons. The van der Waals surface area contributed by atoms with Gasteiger partial charge in [0.25, 0.3) is 5.91 Å². The molecular weight excluding hydrogens is 447 g/mol. The van der Waals surface area contributed by atoms with Gasteiger partial charge in [-0.1, -0.05) is 42.5 Å². The van der Waals surface area contributed by atoms with E-state index in [0.717, 1.165) is 22.1 Å². The Hall–Kier alpha value is -4.52. The summed E-state index contributed by atoms with van der Waals surface area (Å²) in [6.45, 7) is 0.500. The van der Waals surface area contributed by atoms with Crippen LogP contribution in [0.1, 0.15) is 27.2 Å². The number of ether oxygens (including phenoxy) is 2. The number of esters is 1. The number of fused-ring (bicyclic) bond motifs is 1. The van der Waals surface area contributed by atoms with E-state index in [1.807, 2.05) is 48.5 Å². The summed E-state index contributed by atoms with van der Waals surface area (Å²) >= 11 is 0. The van der Waals surface area contributed by atoms with E-state index in [2.05, 4.69) is 15.0 Å². The molecule has 0 bridgehead atoms. The molecule has 0 aliphatic heterocycles. The van der Waals surface area contributed by atoms with Gasteiger partial charge in [0.2, 0.25) is 0 Å². The third-order valence-corrected chi connectivity index (χ3v) is 5.24. The Morgan fingerprint density at radius 3 is 2.57 bits per heavy atom. The standard InChI is InChI=1S/C28H23FN2O4/c1-34-27(32)14-11-19-5-4-6-21(15-19)17-30-28(33)25-16-26(23-7-2-3-8-24(23)31-25)35-18-20-9-12-22(29)13-10-20/h2-16H,17-18H2,1H3,(H,30,33)/b14-11+. The predicted molar refractivity (Wildman–Crippen MR) is 131 cm³/mol. The molecule has 0 saturated carbocycles. The molecule has 3 aromatic carbocycles. The molecule has 0 aliphatic rings. The van der Waals surface area contributed by atoms with Crippen LogP contribution in [-0.2, 0) is 22.7 Å². The zero-order valence-electron chi connectivity index (χ0n) is 19.0. The quantitative estimate of drug-likeness (QED) is 0.287. The van der Waals surface area contributed by atoms with E-state index in [0.29, 0.717) is 11.3 Å². The highest BCUT2D eigenvalue weighted by molar-refractivity contribution is 5.97. The van der Waals surface area contributed by atoms with Gasteiger partial charge in [0.1, 0.15) is 23.9 Å². The van der Waals surface area contributed by atoms with Crippen molar-refractivity contribution in [1.82, 2.24) is 10.3 Å². The second-order valence-electron chi connectivity index (χ2n) is 7.72. The lowest BCUT2D eigenvalue weighted by atomic mass is 10.1. The molecule has 0 saturated heterocycles. The molecule has 0 aliphatic carbocycles. The Labute approximate surface area is 202 Å². The van der Waals surface area contributed by atoms with Gasteiger partial charge < -0.3 is 14.8 Å². The molecule has 1 aromatic heterocycles. The summed E-state index contributed by atoms with van der Waals surface area (Å²) in [6.07, 6.45) is 2.98. The monoisotopic (exact) mass is 470 g/mol. The first-order chi connectivity index (χ1) is 17.0. The molecule has 1 amide bonds. The average Bonchev–Trinajstić information content (AvgIpc) is 2.90. The highest BCUT2D eigenvalue weighted by Gasteiger charge is 2.13. The zero-order valence-corrected chi connectivity index (χ0v) is 19.0. The molecule has 4 rings (SSSR count). The average molecular weight is 471 g/mol. The minimum absolute atomic E-state index is 0.222. The third-order valence-electron chi connectivity index (χ3n) is 5.24. The fourth-order valence-corrected chi connectivity index (χ4v) is 3.43. The van der Waals surface area contributed by atoms with E-state index in [9.17, 15) is 14.0 Å². The SMILES string of the molecule is COC(=O)/C=C/c1cccc(CNC(=O)c2cc(OCc3ccc(F)cc3)c3ccccc3n2)c1. The number of rotatable bonds is 8. The number of halogens is 1. The van der Waals surface area contributed by atoms with Crippen molar-refractivity contribution in [1.29, 1.82) is 0 Å². The van der Waals surface area contributed by atoms with Crippen molar-refractivity contribution < 1.29 is 23.5 Å². The lowest BCUT2D eigenvalue weighted by molar-refractivity contribution is -0.134. The van der Waals surface area contributed by atoms with Gasteiger partial charge in [-0.2, -0.15) is 0 Å². The number of nitrogens with zero attached hydrogens (tertiary/aromatic N) is 1. The molecule has 7 heteroatoms. The number of carbonyl (C=O) groups is 2. The number of nitrogens with one attached hydrogen (secondary N) is 1. The summed E-state index contributed by atoms with van der Waals surface area (Å²) in [5, 5.41) is 3.65. The van der Waals surface area contributed by atoms with Crippen LogP contribution in [0.25, 0.3) is 17.0 Å². The first kappa shape index (κ1) is 23.6. The summed E-state index contributed by atoms with van der Waals surface area (Å²) in [5.74, 6) is -0.589. The van der Waals surface area contributed by atoms with Gasteiger partial charge in [0.15, 0.2) is 0 Å². The van der Waals surface area contributed by atoms with Crippen molar-refractivity contribution in [2.45, 2.75) is 13.2 Å². The summed E-state index contributed by atoms with van der Waals surface area (Å²) in [7, 11) is 1.32. The van der Waals surface area contributed by atoms with Crippen molar-refractivity contribution >= 4 is 28.9 Å². The second-order valence-corrected chi connectivity index (χ2v) is 7.72. The minimum Gasteiger partial charge on any atom is -0.488 e. The number of benzene rings is 3. The molecule has 4 aromatic rings.